The monoisotopic (exact) mass is 302 g/mol. The highest BCUT2D eigenvalue weighted by molar-refractivity contribution is 9.10. The normalized spacial score (nSPS) is 12.7. The van der Waals surface area contributed by atoms with Crippen molar-refractivity contribution in [2.24, 2.45) is 0 Å². The molecule has 0 aliphatic carbocycles. The van der Waals surface area contributed by atoms with Crippen LogP contribution in [0.1, 0.15) is 17.4 Å². The summed E-state index contributed by atoms with van der Waals surface area (Å²) in [5, 5.41) is 10.5. The van der Waals surface area contributed by atoms with E-state index < -0.39 is 6.10 Å². The number of aromatic nitrogens is 1. The minimum absolute atomic E-state index is 0.222. The molecule has 2 heterocycles. The molecule has 0 amide bonds. The van der Waals surface area contributed by atoms with Crippen LogP contribution in [0.2, 0.25) is 5.02 Å². The van der Waals surface area contributed by atoms with Gasteiger partial charge in [-0.3, -0.25) is 0 Å². The van der Waals surface area contributed by atoms with E-state index in [0.29, 0.717) is 20.8 Å². The van der Waals surface area contributed by atoms with E-state index in [9.17, 15) is 5.11 Å². The number of aliphatic hydroxyl groups excluding tert-OH is 1. The second-order valence-corrected chi connectivity index (χ2v) is 4.45. The van der Waals surface area contributed by atoms with Crippen molar-refractivity contribution < 1.29 is 9.52 Å². The van der Waals surface area contributed by atoms with Crippen molar-refractivity contribution >= 4 is 33.3 Å². The first-order valence-corrected chi connectivity index (χ1v) is 5.58. The van der Waals surface area contributed by atoms with Crippen LogP contribution in [-0.4, -0.2) is 10.1 Å². The van der Waals surface area contributed by atoms with Gasteiger partial charge in [0.05, 0.1) is 15.8 Å². The van der Waals surface area contributed by atoms with E-state index in [2.05, 4.69) is 20.9 Å². The molecule has 0 spiro atoms. The van der Waals surface area contributed by atoms with Gasteiger partial charge in [-0.05, 0) is 28.1 Å². The maximum atomic E-state index is 10.1. The van der Waals surface area contributed by atoms with Gasteiger partial charge >= 0.3 is 0 Å². The molecule has 3 N–H and O–H groups in total. The summed E-state index contributed by atoms with van der Waals surface area (Å²) in [4.78, 5) is 3.87. The second kappa shape index (κ2) is 4.45. The van der Waals surface area contributed by atoms with Crippen molar-refractivity contribution in [2.75, 3.05) is 5.73 Å². The van der Waals surface area contributed by atoms with Crippen LogP contribution in [0.15, 0.2) is 33.5 Å². The lowest BCUT2D eigenvalue weighted by Gasteiger charge is -2.11. The van der Waals surface area contributed by atoms with Crippen LogP contribution in [0.4, 0.5) is 5.82 Å². The fourth-order valence-electron chi connectivity index (χ4n) is 1.33. The molecule has 0 aromatic carbocycles. The Morgan fingerprint density at radius 2 is 2.31 bits per heavy atom. The highest BCUT2D eigenvalue weighted by atomic mass is 79.9. The Kier molecular flexibility index (Phi) is 3.18. The first kappa shape index (κ1) is 11.4. The van der Waals surface area contributed by atoms with Crippen molar-refractivity contribution in [1.29, 1.82) is 0 Å². The zero-order valence-electron chi connectivity index (χ0n) is 8.02. The summed E-state index contributed by atoms with van der Waals surface area (Å²) >= 11 is 9.05. The van der Waals surface area contributed by atoms with E-state index in [4.69, 9.17) is 21.8 Å². The fourth-order valence-corrected chi connectivity index (χ4v) is 1.91. The molecule has 1 unspecified atom stereocenters. The van der Waals surface area contributed by atoms with Gasteiger partial charge in [0.15, 0.2) is 5.76 Å². The zero-order chi connectivity index (χ0) is 11.7. The zero-order valence-corrected chi connectivity index (χ0v) is 10.4. The number of pyridine rings is 1. The largest absolute Gasteiger partial charge is 0.465 e. The van der Waals surface area contributed by atoms with E-state index in [1.54, 1.807) is 12.1 Å². The minimum Gasteiger partial charge on any atom is -0.465 e. The molecule has 0 saturated heterocycles. The molecule has 2 rings (SSSR count). The number of hydrogen-bond donors (Lipinski definition) is 2. The third-order valence-electron chi connectivity index (χ3n) is 2.10. The number of hydrogen-bond acceptors (Lipinski definition) is 4. The standard InChI is InChI=1S/C10H8BrClN2O2/c11-7-1-2-16-9(7)8(15)6-3-5(12)4-14-10(6)13/h1-4,8,15H,(H2,13,14). The number of aliphatic hydroxyl groups is 1. The van der Waals surface area contributed by atoms with Crippen LogP contribution in [0.25, 0.3) is 0 Å². The van der Waals surface area contributed by atoms with Gasteiger partial charge < -0.3 is 15.3 Å². The molecule has 4 nitrogen and oxygen atoms in total. The van der Waals surface area contributed by atoms with Crippen molar-refractivity contribution in [3.8, 4) is 0 Å². The fraction of sp³-hybridized carbons (Fsp3) is 0.100. The molecule has 0 aliphatic rings. The number of anilines is 1. The molecule has 0 bridgehead atoms. The smallest absolute Gasteiger partial charge is 0.151 e. The van der Waals surface area contributed by atoms with E-state index in [0.717, 1.165) is 0 Å². The Morgan fingerprint density at radius 1 is 1.56 bits per heavy atom. The van der Waals surface area contributed by atoms with Crippen LogP contribution in [0, 0.1) is 0 Å². The van der Waals surface area contributed by atoms with E-state index in [1.807, 2.05) is 0 Å². The maximum absolute atomic E-state index is 10.1. The molecular formula is C10H8BrClN2O2. The number of halogens is 2. The predicted octanol–water partition coefficient (Wildman–Crippen LogP) is 2.75. The minimum atomic E-state index is -0.990. The first-order chi connectivity index (χ1) is 7.59. The Balaban J connectivity index is 2.45. The molecule has 0 aliphatic heterocycles. The SMILES string of the molecule is Nc1ncc(Cl)cc1C(O)c1occc1Br. The Bertz CT molecular complexity index is 515. The summed E-state index contributed by atoms with van der Waals surface area (Å²) in [7, 11) is 0. The van der Waals surface area contributed by atoms with Gasteiger partial charge in [-0.1, -0.05) is 11.6 Å². The lowest BCUT2D eigenvalue weighted by Crippen LogP contribution is -2.05. The van der Waals surface area contributed by atoms with E-state index in [1.165, 1.54) is 12.5 Å². The van der Waals surface area contributed by atoms with Crippen LogP contribution >= 0.6 is 27.5 Å². The molecule has 0 radical (unpaired) electrons. The first-order valence-electron chi connectivity index (χ1n) is 4.41. The summed E-state index contributed by atoms with van der Waals surface area (Å²) in [5.74, 6) is 0.593. The predicted molar refractivity (Wildman–Crippen MR) is 64.1 cm³/mol. The van der Waals surface area contributed by atoms with Gasteiger partial charge in [0, 0.05) is 11.8 Å². The summed E-state index contributed by atoms with van der Waals surface area (Å²) in [5.41, 5.74) is 6.08. The molecule has 84 valence electrons. The molecule has 6 heteroatoms. The molecule has 0 saturated carbocycles. The van der Waals surface area contributed by atoms with Crippen molar-refractivity contribution in [1.82, 2.24) is 4.98 Å². The Morgan fingerprint density at radius 3 is 2.94 bits per heavy atom. The van der Waals surface area contributed by atoms with E-state index >= 15 is 0 Å². The molecule has 1 atom stereocenters. The number of nitrogen functional groups attached to an aromatic ring is 1. The average Bonchev–Trinajstić information content (AvgIpc) is 2.67. The summed E-state index contributed by atoms with van der Waals surface area (Å²) < 4.78 is 5.82. The van der Waals surface area contributed by atoms with Crippen LogP contribution in [0.5, 0.6) is 0 Å². The number of rotatable bonds is 2. The van der Waals surface area contributed by atoms with Gasteiger partial charge in [0.25, 0.3) is 0 Å². The quantitative estimate of drug-likeness (QED) is 0.895. The van der Waals surface area contributed by atoms with E-state index in [-0.39, 0.29) is 5.82 Å². The molecule has 2 aromatic rings. The van der Waals surface area contributed by atoms with Crippen molar-refractivity contribution in [3.05, 3.63) is 45.4 Å². The number of nitrogens with two attached hydrogens (primary N) is 1. The van der Waals surface area contributed by atoms with Gasteiger partial charge in [0.1, 0.15) is 11.9 Å². The van der Waals surface area contributed by atoms with Gasteiger partial charge in [-0.15, -0.1) is 0 Å². The number of nitrogens with zero attached hydrogens (tertiary/aromatic N) is 1. The molecular weight excluding hydrogens is 295 g/mol. The highest BCUT2D eigenvalue weighted by Gasteiger charge is 2.20. The van der Waals surface area contributed by atoms with Gasteiger partial charge in [-0.25, -0.2) is 4.98 Å². The summed E-state index contributed by atoms with van der Waals surface area (Å²) in [6, 6.07) is 3.25. The average molecular weight is 304 g/mol. The second-order valence-electron chi connectivity index (χ2n) is 3.16. The van der Waals surface area contributed by atoms with Crippen molar-refractivity contribution in [3.63, 3.8) is 0 Å². The number of furan rings is 1. The van der Waals surface area contributed by atoms with Crippen LogP contribution in [-0.2, 0) is 0 Å². The molecule has 16 heavy (non-hydrogen) atoms. The lowest BCUT2D eigenvalue weighted by atomic mass is 10.1. The highest BCUT2D eigenvalue weighted by Crippen LogP contribution is 2.32. The van der Waals surface area contributed by atoms with Crippen LogP contribution < -0.4 is 5.73 Å². The third kappa shape index (κ3) is 2.07. The maximum Gasteiger partial charge on any atom is 0.151 e. The molecule has 2 aromatic heterocycles. The topological polar surface area (TPSA) is 72.3 Å². The Labute approximate surface area is 105 Å². The summed E-state index contributed by atoms with van der Waals surface area (Å²) in [6.07, 6.45) is 1.90. The summed E-state index contributed by atoms with van der Waals surface area (Å²) in [6.45, 7) is 0. The van der Waals surface area contributed by atoms with Crippen LogP contribution in [0.3, 0.4) is 0 Å². The lowest BCUT2D eigenvalue weighted by molar-refractivity contribution is 0.188. The van der Waals surface area contributed by atoms with Gasteiger partial charge in [0.2, 0.25) is 0 Å². The third-order valence-corrected chi connectivity index (χ3v) is 2.97. The Hall–Kier alpha value is -1.04. The van der Waals surface area contributed by atoms with Crippen molar-refractivity contribution in [2.45, 2.75) is 6.10 Å². The molecule has 0 fully saturated rings. The van der Waals surface area contributed by atoms with Gasteiger partial charge in [-0.2, -0.15) is 0 Å².